The van der Waals surface area contributed by atoms with Crippen LogP contribution in [0.25, 0.3) is 22.2 Å². The molecule has 3 heterocycles. The fourth-order valence-electron chi connectivity index (χ4n) is 3.92. The van der Waals surface area contributed by atoms with Crippen molar-refractivity contribution in [2.75, 3.05) is 43.9 Å². The van der Waals surface area contributed by atoms with E-state index in [0.717, 1.165) is 31.5 Å². The summed E-state index contributed by atoms with van der Waals surface area (Å²) in [7, 11) is -1.72. The van der Waals surface area contributed by atoms with Crippen LogP contribution in [0, 0.1) is 0 Å². The molecular weight excluding hydrogens is 442 g/mol. The molecule has 1 aliphatic carbocycles. The number of benzene rings is 1. The Labute approximate surface area is 192 Å². The number of rotatable bonds is 7. The first-order valence-electron chi connectivity index (χ1n) is 11.2. The van der Waals surface area contributed by atoms with E-state index >= 15 is 0 Å². The van der Waals surface area contributed by atoms with E-state index in [1.54, 1.807) is 37.4 Å². The molecule has 0 bridgehead atoms. The van der Waals surface area contributed by atoms with Gasteiger partial charge in [0.25, 0.3) is 5.56 Å². The smallest absolute Gasteiger partial charge is 0.264 e. The Balaban J connectivity index is 1.42. The Kier molecular flexibility index (Phi) is 5.90. The third-order valence-corrected chi connectivity index (χ3v) is 7.82. The monoisotopic (exact) mass is 469 g/mol. The molecule has 1 aromatic carbocycles. The molecule has 1 N–H and O–H groups in total. The van der Waals surface area contributed by atoms with Crippen molar-refractivity contribution in [3.05, 3.63) is 47.0 Å². The normalized spacial score (nSPS) is 17.4. The Bertz CT molecular complexity index is 1330. The van der Waals surface area contributed by atoms with Gasteiger partial charge in [0.2, 0.25) is 0 Å². The number of aromatic nitrogens is 3. The molecule has 2 aliphatic rings. The molecule has 5 rings (SSSR count). The van der Waals surface area contributed by atoms with Gasteiger partial charge in [0.1, 0.15) is 11.2 Å². The molecule has 174 valence electrons. The van der Waals surface area contributed by atoms with Crippen LogP contribution in [0.1, 0.15) is 12.8 Å². The van der Waals surface area contributed by atoms with E-state index in [4.69, 9.17) is 9.72 Å². The van der Waals surface area contributed by atoms with Gasteiger partial charge < -0.3 is 14.6 Å². The summed E-state index contributed by atoms with van der Waals surface area (Å²) in [5.74, 6) is 0.601. The highest BCUT2D eigenvalue weighted by Crippen LogP contribution is 2.30. The van der Waals surface area contributed by atoms with Gasteiger partial charge in [0.15, 0.2) is 9.84 Å². The van der Waals surface area contributed by atoms with E-state index in [2.05, 4.69) is 15.2 Å². The van der Waals surface area contributed by atoms with Gasteiger partial charge in [-0.25, -0.2) is 18.4 Å². The molecule has 0 radical (unpaired) electrons. The molecule has 3 aromatic rings. The highest BCUT2D eigenvalue weighted by molar-refractivity contribution is 7.91. The van der Waals surface area contributed by atoms with Gasteiger partial charge >= 0.3 is 0 Å². The number of nitrogens with zero attached hydrogens (tertiary/aromatic N) is 4. The highest BCUT2D eigenvalue weighted by Gasteiger charge is 2.24. The Morgan fingerprint density at radius 2 is 1.88 bits per heavy atom. The van der Waals surface area contributed by atoms with Crippen LogP contribution >= 0.6 is 0 Å². The van der Waals surface area contributed by atoms with Crippen molar-refractivity contribution in [3.8, 4) is 11.3 Å². The summed E-state index contributed by atoms with van der Waals surface area (Å²) < 4.78 is 32.4. The number of pyridine rings is 1. The van der Waals surface area contributed by atoms with E-state index in [1.807, 2.05) is 0 Å². The summed E-state index contributed by atoms with van der Waals surface area (Å²) in [6.45, 7) is 3.31. The lowest BCUT2D eigenvalue weighted by Gasteiger charge is -2.26. The molecule has 1 saturated heterocycles. The minimum Gasteiger partial charge on any atom is -0.379 e. The van der Waals surface area contributed by atoms with E-state index < -0.39 is 9.84 Å². The standard InChI is InChI=1S/C23H27N5O4S/c1-27-15-24-20-14-19(26-22(21(20)23(27)29)25-17-4-5-17)16-2-6-18(7-3-16)33(30,31)13-10-28-8-11-32-12-9-28/h2-3,6-7,14-15,17H,4-5,8-13H2,1H3,(H,25,26). The number of nitrogens with one attached hydrogen (secondary N) is 1. The summed E-state index contributed by atoms with van der Waals surface area (Å²) in [5, 5.41) is 3.82. The zero-order valence-electron chi connectivity index (χ0n) is 18.5. The number of anilines is 1. The molecule has 2 aromatic heterocycles. The molecule has 10 heteroatoms. The first-order chi connectivity index (χ1) is 15.9. The molecule has 0 spiro atoms. The molecule has 0 unspecified atom stereocenters. The third kappa shape index (κ3) is 4.78. The zero-order valence-corrected chi connectivity index (χ0v) is 19.3. The van der Waals surface area contributed by atoms with Crippen LogP contribution in [0.2, 0.25) is 0 Å². The number of hydrogen-bond donors (Lipinski definition) is 1. The van der Waals surface area contributed by atoms with Crippen LogP contribution < -0.4 is 10.9 Å². The van der Waals surface area contributed by atoms with E-state index in [9.17, 15) is 13.2 Å². The minimum atomic E-state index is -3.39. The summed E-state index contributed by atoms with van der Waals surface area (Å²) in [4.78, 5) is 24.2. The Morgan fingerprint density at radius 1 is 1.15 bits per heavy atom. The number of ether oxygens (including phenoxy) is 1. The summed E-state index contributed by atoms with van der Waals surface area (Å²) >= 11 is 0. The second-order valence-electron chi connectivity index (χ2n) is 8.63. The van der Waals surface area contributed by atoms with Gasteiger partial charge in [-0.1, -0.05) is 12.1 Å². The molecule has 9 nitrogen and oxygen atoms in total. The average Bonchev–Trinajstić information content (AvgIpc) is 3.65. The van der Waals surface area contributed by atoms with Crippen LogP contribution in [-0.2, 0) is 21.6 Å². The Hall–Kier alpha value is -2.82. The quantitative estimate of drug-likeness (QED) is 0.557. The maximum Gasteiger partial charge on any atom is 0.264 e. The van der Waals surface area contributed by atoms with Crippen molar-refractivity contribution in [1.82, 2.24) is 19.4 Å². The number of sulfone groups is 1. The van der Waals surface area contributed by atoms with Crippen LogP contribution in [0.5, 0.6) is 0 Å². The third-order valence-electron chi connectivity index (χ3n) is 6.11. The van der Waals surface area contributed by atoms with Gasteiger partial charge in [0.05, 0.1) is 41.4 Å². The molecule has 1 saturated carbocycles. The molecular formula is C23H27N5O4S. The second kappa shape index (κ2) is 8.85. The van der Waals surface area contributed by atoms with Gasteiger partial charge in [-0.05, 0) is 31.0 Å². The van der Waals surface area contributed by atoms with Crippen molar-refractivity contribution in [2.24, 2.45) is 7.05 Å². The fraction of sp³-hybridized carbons (Fsp3) is 0.435. The number of hydrogen-bond acceptors (Lipinski definition) is 8. The molecule has 0 amide bonds. The molecule has 2 fully saturated rings. The lowest BCUT2D eigenvalue weighted by atomic mass is 10.1. The van der Waals surface area contributed by atoms with Gasteiger partial charge in [-0.15, -0.1) is 0 Å². The van der Waals surface area contributed by atoms with Crippen molar-refractivity contribution in [2.45, 2.75) is 23.8 Å². The van der Waals surface area contributed by atoms with E-state index in [0.29, 0.717) is 53.1 Å². The topological polar surface area (TPSA) is 106 Å². The maximum atomic E-state index is 12.8. The summed E-state index contributed by atoms with van der Waals surface area (Å²) in [6, 6.07) is 8.87. The van der Waals surface area contributed by atoms with Crippen molar-refractivity contribution in [1.29, 1.82) is 0 Å². The number of fused-ring (bicyclic) bond motifs is 1. The first kappa shape index (κ1) is 22.0. The van der Waals surface area contributed by atoms with Crippen molar-refractivity contribution >= 4 is 26.6 Å². The number of morpholine rings is 1. The first-order valence-corrected chi connectivity index (χ1v) is 12.8. The van der Waals surface area contributed by atoms with Gasteiger partial charge in [0, 0.05) is 38.3 Å². The predicted molar refractivity (Wildman–Crippen MR) is 126 cm³/mol. The van der Waals surface area contributed by atoms with Crippen LogP contribution in [0.3, 0.4) is 0 Å². The fourth-order valence-corrected chi connectivity index (χ4v) is 5.21. The largest absolute Gasteiger partial charge is 0.379 e. The van der Waals surface area contributed by atoms with Crippen molar-refractivity contribution < 1.29 is 13.2 Å². The van der Waals surface area contributed by atoms with Crippen molar-refractivity contribution in [3.63, 3.8) is 0 Å². The van der Waals surface area contributed by atoms with Crippen LogP contribution in [0.15, 0.2) is 46.3 Å². The second-order valence-corrected chi connectivity index (χ2v) is 10.7. The molecule has 33 heavy (non-hydrogen) atoms. The van der Waals surface area contributed by atoms with E-state index in [-0.39, 0.29) is 11.3 Å². The maximum absolute atomic E-state index is 12.8. The van der Waals surface area contributed by atoms with E-state index in [1.165, 1.54) is 10.9 Å². The zero-order chi connectivity index (χ0) is 23.0. The van der Waals surface area contributed by atoms with Gasteiger partial charge in [-0.2, -0.15) is 0 Å². The lowest BCUT2D eigenvalue weighted by Crippen LogP contribution is -2.39. The van der Waals surface area contributed by atoms with Crippen LogP contribution in [-0.4, -0.2) is 72.5 Å². The SMILES string of the molecule is Cn1cnc2cc(-c3ccc(S(=O)(=O)CCN4CCOCC4)cc3)nc(NC3CC3)c2c1=O. The lowest BCUT2D eigenvalue weighted by molar-refractivity contribution is 0.0408. The Morgan fingerprint density at radius 3 is 2.58 bits per heavy atom. The minimum absolute atomic E-state index is 0.0727. The number of aryl methyl sites for hydroxylation is 1. The molecule has 0 atom stereocenters. The van der Waals surface area contributed by atoms with Gasteiger partial charge in [-0.3, -0.25) is 9.69 Å². The summed E-state index contributed by atoms with van der Waals surface area (Å²) in [6.07, 6.45) is 3.59. The average molecular weight is 470 g/mol. The highest BCUT2D eigenvalue weighted by atomic mass is 32.2. The summed E-state index contributed by atoms with van der Waals surface area (Å²) in [5.41, 5.74) is 1.83. The van der Waals surface area contributed by atoms with Crippen LogP contribution in [0.4, 0.5) is 5.82 Å². The predicted octanol–water partition coefficient (Wildman–Crippen LogP) is 1.68. The molecule has 1 aliphatic heterocycles.